The van der Waals surface area contributed by atoms with Gasteiger partial charge in [-0.25, -0.2) is 9.29 Å². The highest BCUT2D eigenvalue weighted by molar-refractivity contribution is 6.31. The summed E-state index contributed by atoms with van der Waals surface area (Å²) in [5, 5.41) is 3.42. The van der Waals surface area contributed by atoms with E-state index in [0.717, 1.165) is 16.9 Å². The van der Waals surface area contributed by atoms with Gasteiger partial charge >= 0.3 is 0 Å². The topological polar surface area (TPSA) is 69.7 Å². The summed E-state index contributed by atoms with van der Waals surface area (Å²) in [6.07, 6.45) is 1.52. The molecule has 1 N–H and O–H groups in total. The summed E-state index contributed by atoms with van der Waals surface area (Å²) in [5.74, 6) is -3.56. The van der Waals surface area contributed by atoms with Crippen LogP contribution in [-0.2, 0) is 19.9 Å². The third kappa shape index (κ3) is 2.13. The van der Waals surface area contributed by atoms with Gasteiger partial charge in [-0.15, -0.1) is 0 Å². The molecule has 1 spiro atoms. The molecular formula is C23H19ClFN3O3. The summed E-state index contributed by atoms with van der Waals surface area (Å²) < 4.78 is 14.6. The Labute approximate surface area is 183 Å². The molecule has 4 atom stereocenters. The fourth-order valence-electron chi connectivity index (χ4n) is 6.31. The molecule has 2 aromatic rings. The van der Waals surface area contributed by atoms with E-state index in [1.165, 1.54) is 18.2 Å². The van der Waals surface area contributed by atoms with Crippen LogP contribution < -0.4 is 10.2 Å². The van der Waals surface area contributed by atoms with Crippen molar-refractivity contribution in [2.75, 3.05) is 16.8 Å². The van der Waals surface area contributed by atoms with Gasteiger partial charge < -0.3 is 5.32 Å². The monoisotopic (exact) mass is 439 g/mol. The molecule has 3 fully saturated rings. The van der Waals surface area contributed by atoms with Gasteiger partial charge in [-0.1, -0.05) is 23.7 Å². The van der Waals surface area contributed by atoms with Crippen LogP contribution in [0.1, 0.15) is 24.0 Å². The number of carbonyl (C=O) groups is 3. The Bertz CT molecular complexity index is 1200. The molecule has 158 valence electrons. The second-order valence-electron chi connectivity index (χ2n) is 8.74. The van der Waals surface area contributed by atoms with Crippen molar-refractivity contribution in [3.05, 3.63) is 58.4 Å². The molecule has 0 radical (unpaired) electrons. The van der Waals surface area contributed by atoms with Crippen LogP contribution in [0.4, 0.5) is 15.8 Å². The highest BCUT2D eigenvalue weighted by Crippen LogP contribution is 2.61. The van der Waals surface area contributed by atoms with Crippen molar-refractivity contribution in [2.24, 2.45) is 11.8 Å². The molecule has 4 aliphatic heterocycles. The quantitative estimate of drug-likeness (QED) is 0.693. The minimum Gasteiger partial charge on any atom is -0.324 e. The number of nitrogens with one attached hydrogen (secondary N) is 1. The zero-order valence-corrected chi connectivity index (χ0v) is 17.4. The van der Waals surface area contributed by atoms with Gasteiger partial charge in [0.1, 0.15) is 11.4 Å². The highest BCUT2D eigenvalue weighted by Gasteiger charge is 2.74. The normalized spacial score (nSPS) is 31.4. The van der Waals surface area contributed by atoms with Crippen molar-refractivity contribution >= 4 is 40.7 Å². The number of aryl methyl sites for hydroxylation is 1. The molecule has 0 bridgehead atoms. The fraction of sp³-hybridized carbons (Fsp3) is 0.348. The van der Waals surface area contributed by atoms with E-state index in [4.69, 9.17) is 11.6 Å². The number of hydrogen-bond acceptors (Lipinski definition) is 4. The van der Waals surface area contributed by atoms with Gasteiger partial charge in [-0.05, 0) is 56.1 Å². The summed E-state index contributed by atoms with van der Waals surface area (Å²) in [7, 11) is 0. The number of halogens is 2. The molecule has 3 saturated heterocycles. The van der Waals surface area contributed by atoms with Crippen LogP contribution in [0.5, 0.6) is 0 Å². The van der Waals surface area contributed by atoms with Crippen molar-refractivity contribution in [3.63, 3.8) is 0 Å². The second kappa shape index (κ2) is 6.14. The number of para-hydroxylation sites is 1. The zero-order valence-electron chi connectivity index (χ0n) is 16.7. The zero-order chi connectivity index (χ0) is 21.7. The lowest BCUT2D eigenvalue weighted by Gasteiger charge is -2.36. The van der Waals surface area contributed by atoms with E-state index in [0.29, 0.717) is 29.2 Å². The molecule has 0 aliphatic carbocycles. The van der Waals surface area contributed by atoms with E-state index < -0.39 is 35.0 Å². The SMILES string of the molecule is Cc1cc(Cl)cc2c1NC(=O)[C@@]21[C@@H]2C(=O)N(c3ccccc3F)C(=O)[C@@H]2[C@H]2CCCN21. The first kappa shape index (κ1) is 19.0. The Morgan fingerprint density at radius 1 is 1.16 bits per heavy atom. The number of fused-ring (bicyclic) bond motifs is 7. The predicted octanol–water partition coefficient (Wildman–Crippen LogP) is 3.22. The first-order valence-corrected chi connectivity index (χ1v) is 10.8. The Hall–Kier alpha value is -2.77. The van der Waals surface area contributed by atoms with Crippen molar-refractivity contribution in [2.45, 2.75) is 31.3 Å². The molecule has 31 heavy (non-hydrogen) atoms. The number of nitrogens with zero attached hydrogens (tertiary/aromatic N) is 2. The maximum Gasteiger partial charge on any atom is 0.250 e. The molecule has 8 heteroatoms. The van der Waals surface area contributed by atoms with Crippen molar-refractivity contribution in [1.29, 1.82) is 0 Å². The first-order chi connectivity index (χ1) is 14.9. The maximum atomic E-state index is 14.6. The smallest absolute Gasteiger partial charge is 0.250 e. The van der Waals surface area contributed by atoms with Gasteiger partial charge in [-0.2, -0.15) is 0 Å². The average molecular weight is 440 g/mol. The van der Waals surface area contributed by atoms with Gasteiger partial charge in [-0.3, -0.25) is 19.3 Å². The predicted molar refractivity (Wildman–Crippen MR) is 112 cm³/mol. The number of rotatable bonds is 1. The molecule has 0 aromatic heterocycles. The fourth-order valence-corrected chi connectivity index (χ4v) is 6.58. The van der Waals surface area contributed by atoms with E-state index in [2.05, 4.69) is 5.32 Å². The molecule has 4 heterocycles. The van der Waals surface area contributed by atoms with Crippen molar-refractivity contribution in [1.82, 2.24) is 4.90 Å². The van der Waals surface area contributed by atoms with Crippen molar-refractivity contribution < 1.29 is 18.8 Å². The van der Waals surface area contributed by atoms with Gasteiger partial charge in [0.2, 0.25) is 17.7 Å². The number of anilines is 2. The lowest BCUT2D eigenvalue weighted by atomic mass is 9.75. The lowest BCUT2D eigenvalue weighted by molar-refractivity contribution is -0.135. The standard InChI is InChI=1S/C23H19ClFN3O3/c1-11-9-12(24)10-13-19(11)26-22(31)23(13)18-17(16-7-4-8-27(16)23)20(29)28(21(18)30)15-6-3-2-5-14(15)25/h2-3,5-6,9-10,16-18H,4,7-8H2,1H3,(H,26,31)/t16-,17-,18+,23+/m1/s1. The molecule has 3 amide bonds. The number of hydrogen-bond donors (Lipinski definition) is 1. The number of benzene rings is 2. The first-order valence-electron chi connectivity index (χ1n) is 10.4. The van der Waals surface area contributed by atoms with Gasteiger partial charge in [0.05, 0.1) is 17.5 Å². The summed E-state index contributed by atoms with van der Waals surface area (Å²) in [4.78, 5) is 43.9. The Balaban J connectivity index is 1.60. The molecule has 6 nitrogen and oxygen atoms in total. The summed E-state index contributed by atoms with van der Waals surface area (Å²) in [5.41, 5.74) is 0.703. The van der Waals surface area contributed by atoms with Gasteiger partial charge in [0.15, 0.2) is 0 Å². The van der Waals surface area contributed by atoms with Crippen LogP contribution in [0, 0.1) is 24.6 Å². The lowest BCUT2D eigenvalue weighted by Crippen LogP contribution is -2.54. The van der Waals surface area contributed by atoms with Crippen LogP contribution in [0.25, 0.3) is 0 Å². The van der Waals surface area contributed by atoms with Crippen LogP contribution in [0.2, 0.25) is 5.02 Å². The van der Waals surface area contributed by atoms with E-state index in [-0.39, 0.29) is 17.6 Å². The number of amides is 3. The van der Waals surface area contributed by atoms with Crippen molar-refractivity contribution in [3.8, 4) is 0 Å². The second-order valence-corrected chi connectivity index (χ2v) is 9.17. The van der Waals surface area contributed by atoms with E-state index in [1.54, 1.807) is 18.2 Å². The molecule has 4 aliphatic rings. The van der Waals surface area contributed by atoms with Crippen LogP contribution in [0.15, 0.2) is 36.4 Å². The minimum absolute atomic E-state index is 0.0625. The summed E-state index contributed by atoms with van der Waals surface area (Å²) >= 11 is 6.36. The number of imide groups is 1. The highest BCUT2D eigenvalue weighted by atomic mass is 35.5. The Kier molecular flexibility index (Phi) is 3.76. The minimum atomic E-state index is -1.32. The Morgan fingerprint density at radius 2 is 1.94 bits per heavy atom. The summed E-state index contributed by atoms with van der Waals surface area (Å²) in [6, 6.07) is 8.98. The Morgan fingerprint density at radius 3 is 2.71 bits per heavy atom. The van der Waals surface area contributed by atoms with E-state index in [9.17, 15) is 18.8 Å². The molecule has 6 rings (SSSR count). The number of carbonyl (C=O) groups excluding carboxylic acids is 3. The van der Waals surface area contributed by atoms with Gasteiger partial charge in [0, 0.05) is 22.3 Å². The van der Waals surface area contributed by atoms with Crippen LogP contribution in [0.3, 0.4) is 0 Å². The molecule has 0 saturated carbocycles. The van der Waals surface area contributed by atoms with Crippen LogP contribution >= 0.6 is 11.6 Å². The third-order valence-corrected chi connectivity index (χ3v) is 7.58. The van der Waals surface area contributed by atoms with E-state index >= 15 is 0 Å². The molecular weight excluding hydrogens is 421 g/mol. The van der Waals surface area contributed by atoms with E-state index in [1.807, 2.05) is 11.8 Å². The third-order valence-electron chi connectivity index (χ3n) is 7.36. The van der Waals surface area contributed by atoms with Gasteiger partial charge in [0.25, 0.3) is 0 Å². The van der Waals surface area contributed by atoms with Crippen LogP contribution in [-0.4, -0.2) is 35.2 Å². The molecule has 0 unspecified atom stereocenters. The summed E-state index contributed by atoms with van der Waals surface area (Å²) in [6.45, 7) is 2.46. The molecule has 2 aromatic carbocycles. The largest absolute Gasteiger partial charge is 0.324 e. The maximum absolute atomic E-state index is 14.6. The average Bonchev–Trinajstić information content (AvgIpc) is 3.42.